The maximum absolute atomic E-state index is 12.6. The number of aromatic nitrogens is 1. The van der Waals surface area contributed by atoms with E-state index in [2.05, 4.69) is 11.5 Å². The molecule has 22 heavy (non-hydrogen) atoms. The molecule has 0 aliphatic rings. The molecule has 2 rings (SSSR count). The molecule has 0 amide bonds. The van der Waals surface area contributed by atoms with Crippen molar-refractivity contribution >= 4 is 16.9 Å². The fourth-order valence-electron chi connectivity index (χ4n) is 2.77. The van der Waals surface area contributed by atoms with Crippen molar-refractivity contribution in [2.75, 3.05) is 6.61 Å². The molecule has 4 nitrogen and oxygen atoms in total. The zero-order valence-corrected chi connectivity index (χ0v) is 13.5. The van der Waals surface area contributed by atoms with Crippen LogP contribution in [0.25, 0.3) is 10.9 Å². The quantitative estimate of drug-likeness (QED) is 0.604. The lowest BCUT2D eigenvalue weighted by atomic mass is 10.1. The van der Waals surface area contributed by atoms with Gasteiger partial charge in [0, 0.05) is 17.6 Å². The smallest absolute Gasteiger partial charge is 0.343 e. The molecule has 0 saturated heterocycles. The minimum absolute atomic E-state index is 0.164. The summed E-state index contributed by atoms with van der Waals surface area (Å²) in [5.41, 5.74) is 1.50. The van der Waals surface area contributed by atoms with Crippen molar-refractivity contribution in [3.05, 3.63) is 45.7 Å². The Labute approximate surface area is 130 Å². The molecule has 0 radical (unpaired) electrons. The van der Waals surface area contributed by atoms with Gasteiger partial charge < -0.3 is 9.30 Å². The number of aryl methyl sites for hydroxylation is 1. The molecule has 0 aliphatic heterocycles. The van der Waals surface area contributed by atoms with Gasteiger partial charge in [-0.2, -0.15) is 0 Å². The van der Waals surface area contributed by atoms with Gasteiger partial charge in [-0.1, -0.05) is 31.9 Å². The SMILES string of the molecule is CCCCCn1c(C)c(C(=O)OCC)c(=O)c2ccccc21. The summed E-state index contributed by atoms with van der Waals surface area (Å²) in [7, 11) is 0. The highest BCUT2D eigenvalue weighted by molar-refractivity contribution is 5.95. The molecule has 2 aromatic rings. The van der Waals surface area contributed by atoms with Crippen LogP contribution < -0.4 is 5.43 Å². The number of hydrogen-bond acceptors (Lipinski definition) is 3. The monoisotopic (exact) mass is 301 g/mol. The van der Waals surface area contributed by atoms with Gasteiger partial charge in [-0.05, 0) is 32.4 Å². The minimum atomic E-state index is -0.528. The van der Waals surface area contributed by atoms with Crippen molar-refractivity contribution in [3.8, 4) is 0 Å². The summed E-state index contributed by atoms with van der Waals surface area (Å²) in [4.78, 5) is 24.8. The number of pyridine rings is 1. The number of para-hydroxylation sites is 1. The summed E-state index contributed by atoms with van der Waals surface area (Å²) in [5, 5.41) is 0.577. The first-order valence-electron chi connectivity index (χ1n) is 7.91. The van der Waals surface area contributed by atoms with Gasteiger partial charge in [0.05, 0.1) is 12.1 Å². The van der Waals surface area contributed by atoms with Crippen LogP contribution in [-0.2, 0) is 11.3 Å². The predicted molar refractivity (Wildman–Crippen MR) is 88.4 cm³/mol. The largest absolute Gasteiger partial charge is 0.462 e. The van der Waals surface area contributed by atoms with Gasteiger partial charge in [0.25, 0.3) is 0 Å². The number of benzene rings is 1. The van der Waals surface area contributed by atoms with E-state index in [-0.39, 0.29) is 17.6 Å². The van der Waals surface area contributed by atoms with E-state index in [0.717, 1.165) is 31.3 Å². The lowest BCUT2D eigenvalue weighted by Gasteiger charge is -2.17. The summed E-state index contributed by atoms with van der Waals surface area (Å²) in [6, 6.07) is 7.45. The fourth-order valence-corrected chi connectivity index (χ4v) is 2.77. The minimum Gasteiger partial charge on any atom is -0.462 e. The normalized spacial score (nSPS) is 10.9. The highest BCUT2D eigenvalue weighted by atomic mass is 16.5. The second-order valence-corrected chi connectivity index (χ2v) is 5.39. The van der Waals surface area contributed by atoms with Gasteiger partial charge in [0.15, 0.2) is 0 Å². The molecule has 0 atom stereocenters. The van der Waals surface area contributed by atoms with Crippen molar-refractivity contribution in [2.24, 2.45) is 0 Å². The molecule has 1 aromatic heterocycles. The maximum atomic E-state index is 12.6. The molecule has 0 aliphatic carbocycles. The molecule has 0 unspecified atom stereocenters. The molecule has 1 aromatic carbocycles. The number of ether oxygens (including phenoxy) is 1. The lowest BCUT2D eigenvalue weighted by Crippen LogP contribution is -2.24. The number of fused-ring (bicyclic) bond motifs is 1. The first kappa shape index (κ1) is 16.3. The summed E-state index contributed by atoms with van der Waals surface area (Å²) in [6.07, 6.45) is 3.27. The third-order valence-electron chi connectivity index (χ3n) is 3.90. The summed E-state index contributed by atoms with van der Waals surface area (Å²) in [6.45, 7) is 6.79. The molecule has 1 heterocycles. The number of carbonyl (C=O) groups is 1. The summed E-state index contributed by atoms with van der Waals surface area (Å²) in [5.74, 6) is -0.528. The lowest BCUT2D eigenvalue weighted by molar-refractivity contribution is 0.0523. The van der Waals surface area contributed by atoms with Crippen LogP contribution in [0.5, 0.6) is 0 Å². The van der Waals surface area contributed by atoms with Crippen LogP contribution in [0.4, 0.5) is 0 Å². The van der Waals surface area contributed by atoms with Crippen LogP contribution >= 0.6 is 0 Å². The van der Waals surface area contributed by atoms with Gasteiger partial charge in [0.1, 0.15) is 5.56 Å². The zero-order chi connectivity index (χ0) is 16.1. The molecule has 118 valence electrons. The van der Waals surface area contributed by atoms with Gasteiger partial charge in [-0.3, -0.25) is 4.79 Å². The molecule has 0 fully saturated rings. The second-order valence-electron chi connectivity index (χ2n) is 5.39. The second kappa shape index (κ2) is 7.25. The average Bonchev–Trinajstić information content (AvgIpc) is 2.51. The van der Waals surface area contributed by atoms with Crippen LogP contribution in [-0.4, -0.2) is 17.1 Å². The van der Waals surface area contributed by atoms with E-state index in [4.69, 9.17) is 4.74 Å². The van der Waals surface area contributed by atoms with E-state index in [1.54, 1.807) is 13.0 Å². The third-order valence-corrected chi connectivity index (χ3v) is 3.90. The highest BCUT2D eigenvalue weighted by Crippen LogP contribution is 2.18. The predicted octanol–water partition coefficient (Wildman–Crippen LogP) is 3.68. The third kappa shape index (κ3) is 3.06. The topological polar surface area (TPSA) is 48.3 Å². The highest BCUT2D eigenvalue weighted by Gasteiger charge is 2.20. The summed E-state index contributed by atoms with van der Waals surface area (Å²) < 4.78 is 7.13. The van der Waals surface area contributed by atoms with E-state index in [9.17, 15) is 9.59 Å². The van der Waals surface area contributed by atoms with E-state index < -0.39 is 5.97 Å². The Hall–Kier alpha value is -2.10. The zero-order valence-electron chi connectivity index (χ0n) is 13.5. The Morgan fingerprint density at radius 2 is 1.91 bits per heavy atom. The number of rotatable bonds is 6. The van der Waals surface area contributed by atoms with Crippen molar-refractivity contribution < 1.29 is 9.53 Å². The van der Waals surface area contributed by atoms with E-state index >= 15 is 0 Å². The van der Waals surface area contributed by atoms with Gasteiger partial charge in [0.2, 0.25) is 5.43 Å². The van der Waals surface area contributed by atoms with Crippen molar-refractivity contribution in [1.29, 1.82) is 0 Å². The average molecular weight is 301 g/mol. The molecule has 0 bridgehead atoms. The number of hydrogen-bond donors (Lipinski definition) is 0. The van der Waals surface area contributed by atoms with E-state index in [1.165, 1.54) is 0 Å². The Kier molecular flexibility index (Phi) is 5.36. The molecular weight excluding hydrogens is 278 g/mol. The Balaban J connectivity index is 2.65. The summed E-state index contributed by atoms with van der Waals surface area (Å²) >= 11 is 0. The van der Waals surface area contributed by atoms with Gasteiger partial charge in [-0.25, -0.2) is 4.79 Å². The number of esters is 1. The van der Waals surface area contributed by atoms with Crippen molar-refractivity contribution in [1.82, 2.24) is 4.57 Å². The standard InChI is InChI=1S/C18H23NO3/c1-4-6-9-12-19-13(3)16(18(21)22-5-2)17(20)14-10-7-8-11-15(14)19/h7-8,10-11H,4-6,9,12H2,1-3H3. The molecule has 0 saturated carbocycles. The maximum Gasteiger partial charge on any atom is 0.343 e. The Bertz CT molecular complexity index is 731. The van der Waals surface area contributed by atoms with E-state index in [1.807, 2.05) is 25.1 Å². The molecule has 0 N–H and O–H groups in total. The number of nitrogens with zero attached hydrogens (tertiary/aromatic N) is 1. The molecular formula is C18H23NO3. The Morgan fingerprint density at radius 3 is 2.59 bits per heavy atom. The fraction of sp³-hybridized carbons (Fsp3) is 0.444. The number of unbranched alkanes of at least 4 members (excludes halogenated alkanes) is 2. The van der Waals surface area contributed by atoms with Gasteiger partial charge >= 0.3 is 5.97 Å². The molecule has 4 heteroatoms. The van der Waals surface area contributed by atoms with Crippen molar-refractivity contribution in [3.63, 3.8) is 0 Å². The van der Waals surface area contributed by atoms with Gasteiger partial charge in [-0.15, -0.1) is 0 Å². The Morgan fingerprint density at radius 1 is 1.18 bits per heavy atom. The first-order chi connectivity index (χ1) is 10.6. The van der Waals surface area contributed by atoms with E-state index in [0.29, 0.717) is 11.1 Å². The van der Waals surface area contributed by atoms with Crippen LogP contribution in [0.1, 0.15) is 49.2 Å². The van der Waals surface area contributed by atoms with Crippen LogP contribution in [0.15, 0.2) is 29.1 Å². The van der Waals surface area contributed by atoms with Crippen LogP contribution in [0.2, 0.25) is 0 Å². The van der Waals surface area contributed by atoms with Crippen LogP contribution in [0, 0.1) is 6.92 Å². The first-order valence-corrected chi connectivity index (χ1v) is 7.91. The molecule has 0 spiro atoms. The van der Waals surface area contributed by atoms with Crippen LogP contribution in [0.3, 0.4) is 0 Å². The number of carbonyl (C=O) groups excluding carboxylic acids is 1. The van der Waals surface area contributed by atoms with Crippen molar-refractivity contribution in [2.45, 2.75) is 46.6 Å².